The van der Waals surface area contributed by atoms with E-state index in [0.29, 0.717) is 19.1 Å². The number of aliphatic hydroxyl groups excluding tert-OH is 1. The van der Waals surface area contributed by atoms with Crippen molar-refractivity contribution in [2.45, 2.75) is 52.4 Å². The number of rotatable bonds is 9. The van der Waals surface area contributed by atoms with Gasteiger partial charge >= 0.3 is 0 Å². The smallest absolute Gasteiger partial charge is 0.0898 e. The number of nitrogens with one attached hydrogen (secondary N) is 1. The summed E-state index contributed by atoms with van der Waals surface area (Å²) in [6.45, 7) is 9.27. The van der Waals surface area contributed by atoms with Gasteiger partial charge in [-0.05, 0) is 37.8 Å². The van der Waals surface area contributed by atoms with Crippen LogP contribution in [0.2, 0.25) is 5.02 Å². The van der Waals surface area contributed by atoms with Crippen LogP contribution in [-0.4, -0.2) is 30.5 Å². The van der Waals surface area contributed by atoms with Crippen molar-refractivity contribution in [3.8, 4) is 0 Å². The van der Waals surface area contributed by atoms with Crippen LogP contribution in [0.3, 0.4) is 0 Å². The van der Waals surface area contributed by atoms with E-state index in [4.69, 9.17) is 16.3 Å². The van der Waals surface area contributed by atoms with Crippen molar-refractivity contribution >= 4 is 11.6 Å². The highest BCUT2D eigenvalue weighted by Crippen LogP contribution is 2.21. The SMILES string of the molecule is CC(C)CC(C)OCC(O)CNC(C)c1ccccc1Cl. The van der Waals surface area contributed by atoms with Crippen LogP contribution in [0, 0.1) is 5.92 Å². The Balaban J connectivity index is 2.29. The fourth-order valence-electron chi connectivity index (χ4n) is 2.32. The van der Waals surface area contributed by atoms with Crippen molar-refractivity contribution in [2.24, 2.45) is 5.92 Å². The van der Waals surface area contributed by atoms with Crippen LogP contribution in [-0.2, 0) is 4.74 Å². The van der Waals surface area contributed by atoms with Crippen LogP contribution in [0.5, 0.6) is 0 Å². The van der Waals surface area contributed by atoms with Gasteiger partial charge < -0.3 is 15.2 Å². The van der Waals surface area contributed by atoms with Crippen molar-refractivity contribution < 1.29 is 9.84 Å². The normalized spacial score (nSPS) is 16.0. The average Bonchev–Trinajstić information content (AvgIpc) is 2.42. The first kappa shape index (κ1) is 18.4. The van der Waals surface area contributed by atoms with E-state index in [9.17, 15) is 5.11 Å². The Kier molecular flexibility index (Phi) is 8.27. The zero-order valence-electron chi connectivity index (χ0n) is 13.5. The van der Waals surface area contributed by atoms with Crippen molar-refractivity contribution in [1.29, 1.82) is 0 Å². The van der Waals surface area contributed by atoms with E-state index in [1.165, 1.54) is 0 Å². The molecule has 0 fully saturated rings. The van der Waals surface area contributed by atoms with E-state index >= 15 is 0 Å². The molecule has 4 heteroatoms. The Bertz CT molecular complexity index is 412. The summed E-state index contributed by atoms with van der Waals surface area (Å²) in [5, 5.41) is 14.0. The molecule has 1 aromatic carbocycles. The third-order valence-electron chi connectivity index (χ3n) is 3.41. The second-order valence-corrected chi connectivity index (χ2v) is 6.49. The summed E-state index contributed by atoms with van der Waals surface area (Å²) >= 11 is 6.16. The summed E-state index contributed by atoms with van der Waals surface area (Å²) in [7, 11) is 0. The average molecular weight is 314 g/mol. The molecule has 0 bridgehead atoms. The molecule has 0 heterocycles. The minimum absolute atomic E-state index is 0.0986. The van der Waals surface area contributed by atoms with Crippen LogP contribution in [0.15, 0.2) is 24.3 Å². The molecular formula is C17H28ClNO2. The summed E-state index contributed by atoms with van der Waals surface area (Å²) in [5.41, 5.74) is 1.04. The number of hydrogen-bond donors (Lipinski definition) is 2. The molecule has 1 aromatic rings. The summed E-state index contributed by atoms with van der Waals surface area (Å²) in [6.07, 6.45) is 0.682. The van der Waals surface area contributed by atoms with Crippen LogP contribution >= 0.6 is 11.6 Å². The topological polar surface area (TPSA) is 41.5 Å². The van der Waals surface area contributed by atoms with Gasteiger partial charge in [0.15, 0.2) is 0 Å². The fourth-order valence-corrected chi connectivity index (χ4v) is 2.61. The van der Waals surface area contributed by atoms with Gasteiger partial charge in [-0.25, -0.2) is 0 Å². The van der Waals surface area contributed by atoms with Crippen LogP contribution in [0.1, 0.15) is 45.7 Å². The second kappa shape index (κ2) is 9.42. The first-order valence-electron chi connectivity index (χ1n) is 7.67. The van der Waals surface area contributed by atoms with Gasteiger partial charge in [0.2, 0.25) is 0 Å². The van der Waals surface area contributed by atoms with Crippen molar-refractivity contribution in [3.05, 3.63) is 34.9 Å². The van der Waals surface area contributed by atoms with Gasteiger partial charge in [-0.2, -0.15) is 0 Å². The molecule has 2 N–H and O–H groups in total. The van der Waals surface area contributed by atoms with Gasteiger partial charge in [-0.3, -0.25) is 0 Å². The maximum atomic E-state index is 9.98. The third kappa shape index (κ3) is 7.28. The van der Waals surface area contributed by atoms with E-state index in [-0.39, 0.29) is 12.1 Å². The summed E-state index contributed by atoms with van der Waals surface area (Å²) in [4.78, 5) is 0. The predicted molar refractivity (Wildman–Crippen MR) is 88.7 cm³/mol. The minimum atomic E-state index is -0.510. The lowest BCUT2D eigenvalue weighted by molar-refractivity contribution is -0.00914. The van der Waals surface area contributed by atoms with Gasteiger partial charge in [-0.1, -0.05) is 43.6 Å². The van der Waals surface area contributed by atoms with Gasteiger partial charge in [0.25, 0.3) is 0 Å². The fraction of sp³-hybridized carbons (Fsp3) is 0.647. The summed E-state index contributed by atoms with van der Waals surface area (Å²) in [6, 6.07) is 7.85. The standard InChI is InChI=1S/C17H28ClNO2/c1-12(2)9-13(3)21-11-15(20)10-19-14(4)16-7-5-6-8-17(16)18/h5-8,12-15,19-20H,9-11H2,1-4H3. The van der Waals surface area contributed by atoms with Crippen molar-refractivity contribution in [3.63, 3.8) is 0 Å². The number of ether oxygens (including phenoxy) is 1. The first-order valence-corrected chi connectivity index (χ1v) is 8.05. The first-order chi connectivity index (χ1) is 9.90. The molecule has 0 radical (unpaired) electrons. The van der Waals surface area contributed by atoms with Crippen molar-refractivity contribution in [2.75, 3.05) is 13.2 Å². The molecule has 120 valence electrons. The number of halogens is 1. The molecule has 0 saturated heterocycles. The van der Waals surface area contributed by atoms with Gasteiger partial charge in [-0.15, -0.1) is 0 Å². The molecule has 0 aliphatic rings. The minimum Gasteiger partial charge on any atom is -0.389 e. The Morgan fingerprint density at radius 3 is 2.48 bits per heavy atom. The number of hydrogen-bond acceptors (Lipinski definition) is 3. The largest absolute Gasteiger partial charge is 0.389 e. The molecule has 3 nitrogen and oxygen atoms in total. The zero-order valence-corrected chi connectivity index (χ0v) is 14.2. The molecule has 0 saturated carbocycles. The molecule has 21 heavy (non-hydrogen) atoms. The molecule has 0 aliphatic heterocycles. The van der Waals surface area contributed by atoms with Gasteiger partial charge in [0, 0.05) is 17.6 Å². The Hall–Kier alpha value is -0.610. The quantitative estimate of drug-likeness (QED) is 0.728. The highest BCUT2D eigenvalue weighted by molar-refractivity contribution is 6.31. The van der Waals surface area contributed by atoms with E-state index in [0.717, 1.165) is 17.0 Å². The monoisotopic (exact) mass is 313 g/mol. The van der Waals surface area contributed by atoms with Crippen LogP contribution < -0.4 is 5.32 Å². The molecule has 1 rings (SSSR count). The third-order valence-corrected chi connectivity index (χ3v) is 3.75. The Morgan fingerprint density at radius 1 is 1.19 bits per heavy atom. The highest BCUT2D eigenvalue weighted by atomic mass is 35.5. The lowest BCUT2D eigenvalue weighted by Gasteiger charge is -2.20. The molecule has 0 aliphatic carbocycles. The van der Waals surface area contributed by atoms with Crippen molar-refractivity contribution in [1.82, 2.24) is 5.32 Å². The lowest BCUT2D eigenvalue weighted by Crippen LogP contribution is -2.33. The van der Waals surface area contributed by atoms with Gasteiger partial charge in [0.1, 0.15) is 0 Å². The molecule has 0 aromatic heterocycles. The van der Waals surface area contributed by atoms with E-state index in [2.05, 4.69) is 19.2 Å². The van der Waals surface area contributed by atoms with E-state index in [1.807, 2.05) is 38.1 Å². The molecular weight excluding hydrogens is 286 g/mol. The number of aliphatic hydroxyl groups is 1. The maximum Gasteiger partial charge on any atom is 0.0898 e. The molecule has 3 atom stereocenters. The predicted octanol–water partition coefficient (Wildman–Crippen LogP) is 3.80. The Labute approximate surface area is 133 Å². The lowest BCUT2D eigenvalue weighted by atomic mass is 10.1. The van der Waals surface area contributed by atoms with Crippen LogP contribution in [0.4, 0.5) is 0 Å². The summed E-state index contributed by atoms with van der Waals surface area (Å²) < 4.78 is 5.66. The van der Waals surface area contributed by atoms with E-state index < -0.39 is 6.10 Å². The summed E-state index contributed by atoms with van der Waals surface area (Å²) in [5.74, 6) is 0.607. The highest BCUT2D eigenvalue weighted by Gasteiger charge is 2.13. The number of benzene rings is 1. The van der Waals surface area contributed by atoms with Gasteiger partial charge in [0.05, 0.1) is 18.8 Å². The maximum absolute atomic E-state index is 9.98. The van der Waals surface area contributed by atoms with E-state index in [1.54, 1.807) is 0 Å². The van der Waals surface area contributed by atoms with Crippen LogP contribution in [0.25, 0.3) is 0 Å². The second-order valence-electron chi connectivity index (χ2n) is 6.08. The zero-order chi connectivity index (χ0) is 15.8. The molecule has 3 unspecified atom stereocenters. The molecule has 0 spiro atoms. The Morgan fingerprint density at radius 2 is 1.86 bits per heavy atom. The molecule has 0 amide bonds.